The van der Waals surface area contributed by atoms with Crippen LogP contribution in [0, 0.1) is 5.92 Å². The lowest BCUT2D eigenvalue weighted by Crippen LogP contribution is -2.40. The Kier molecular flexibility index (Phi) is 4.83. The zero-order valence-electron chi connectivity index (χ0n) is 13.1. The van der Waals surface area contributed by atoms with Crippen LogP contribution in [0.4, 0.5) is 5.69 Å². The molecule has 2 aliphatic rings. The van der Waals surface area contributed by atoms with E-state index in [9.17, 15) is 4.79 Å². The van der Waals surface area contributed by atoms with Crippen LogP contribution in [0.1, 0.15) is 19.3 Å². The maximum absolute atomic E-state index is 12.6. The Balaban J connectivity index is 1.56. The number of para-hydroxylation sites is 2. The van der Waals surface area contributed by atoms with E-state index in [4.69, 9.17) is 9.47 Å². The van der Waals surface area contributed by atoms with Crippen LogP contribution in [0.2, 0.25) is 0 Å². The first kappa shape index (κ1) is 15.2. The van der Waals surface area contributed by atoms with Gasteiger partial charge in [-0.05, 0) is 31.4 Å². The minimum absolute atomic E-state index is 0.167. The summed E-state index contributed by atoms with van der Waals surface area (Å²) in [6.07, 6.45) is 3.33. The van der Waals surface area contributed by atoms with Gasteiger partial charge in [-0.25, -0.2) is 0 Å². The molecular weight excluding hydrogens is 280 g/mol. The normalized spacial score (nSPS) is 20.7. The largest absolute Gasteiger partial charge is 0.495 e. The maximum Gasteiger partial charge on any atom is 0.242 e. The molecule has 0 radical (unpaired) electrons. The molecule has 1 heterocycles. The number of nitrogens with zero attached hydrogens (tertiary/aromatic N) is 1. The highest BCUT2D eigenvalue weighted by Gasteiger charge is 2.34. The molecule has 3 rings (SSSR count). The van der Waals surface area contributed by atoms with Crippen molar-refractivity contribution in [2.75, 3.05) is 38.7 Å². The molecule has 1 amide bonds. The fourth-order valence-electron chi connectivity index (χ4n) is 2.91. The molecular formula is C17H24N2O3. The van der Waals surface area contributed by atoms with Crippen LogP contribution in [0.25, 0.3) is 0 Å². The molecule has 1 saturated carbocycles. The van der Waals surface area contributed by atoms with Crippen molar-refractivity contribution in [3.05, 3.63) is 24.3 Å². The van der Waals surface area contributed by atoms with Gasteiger partial charge in [-0.2, -0.15) is 0 Å². The van der Waals surface area contributed by atoms with Gasteiger partial charge in [0.2, 0.25) is 5.91 Å². The van der Waals surface area contributed by atoms with Crippen LogP contribution in [0.3, 0.4) is 0 Å². The van der Waals surface area contributed by atoms with E-state index in [2.05, 4.69) is 5.32 Å². The van der Waals surface area contributed by atoms with Crippen molar-refractivity contribution < 1.29 is 14.3 Å². The fraction of sp³-hybridized carbons (Fsp3) is 0.588. The Morgan fingerprint density at radius 3 is 2.86 bits per heavy atom. The van der Waals surface area contributed by atoms with E-state index in [0.29, 0.717) is 18.5 Å². The molecule has 1 atom stereocenters. The lowest BCUT2D eigenvalue weighted by Gasteiger charge is -2.25. The van der Waals surface area contributed by atoms with Crippen molar-refractivity contribution >= 4 is 11.6 Å². The minimum Gasteiger partial charge on any atom is -0.495 e. The number of anilines is 1. The Hall–Kier alpha value is -1.75. The highest BCUT2D eigenvalue weighted by molar-refractivity contribution is 5.82. The zero-order valence-corrected chi connectivity index (χ0v) is 13.1. The second kappa shape index (κ2) is 7.01. The molecule has 22 heavy (non-hydrogen) atoms. The number of carbonyl (C=O) groups excluding carboxylic acids is 1. The molecule has 0 unspecified atom stereocenters. The maximum atomic E-state index is 12.6. The lowest BCUT2D eigenvalue weighted by atomic mass is 10.1. The van der Waals surface area contributed by atoms with E-state index in [0.717, 1.165) is 50.5 Å². The van der Waals surface area contributed by atoms with Crippen molar-refractivity contribution in [3.63, 3.8) is 0 Å². The van der Waals surface area contributed by atoms with Crippen molar-refractivity contribution in [3.8, 4) is 5.75 Å². The van der Waals surface area contributed by atoms with E-state index in [1.807, 2.05) is 29.2 Å². The summed E-state index contributed by atoms with van der Waals surface area (Å²) in [7, 11) is 1.64. The van der Waals surface area contributed by atoms with Crippen molar-refractivity contribution in [1.82, 2.24) is 4.90 Å². The standard InChI is InChI=1S/C17H24N2O3/c1-21-16-5-3-2-4-15(16)18-10-17(20)19(14-6-7-14)11-13-8-9-22-12-13/h2-5,13-14,18H,6-12H2,1H3/t13-/m0/s1. The molecule has 1 aliphatic heterocycles. The Bertz CT molecular complexity index is 510. The quantitative estimate of drug-likeness (QED) is 0.838. The van der Waals surface area contributed by atoms with Crippen LogP contribution < -0.4 is 10.1 Å². The number of benzene rings is 1. The number of nitrogens with one attached hydrogen (secondary N) is 1. The highest BCUT2D eigenvalue weighted by atomic mass is 16.5. The van der Waals surface area contributed by atoms with Crippen LogP contribution in [0.15, 0.2) is 24.3 Å². The Morgan fingerprint density at radius 1 is 1.36 bits per heavy atom. The predicted octanol–water partition coefficient (Wildman–Crippen LogP) is 2.13. The number of ether oxygens (including phenoxy) is 2. The van der Waals surface area contributed by atoms with Crippen molar-refractivity contribution in [1.29, 1.82) is 0 Å². The monoisotopic (exact) mass is 304 g/mol. The first-order valence-corrected chi connectivity index (χ1v) is 8.02. The van der Waals surface area contributed by atoms with Crippen molar-refractivity contribution in [2.24, 2.45) is 5.92 Å². The SMILES string of the molecule is COc1ccccc1NCC(=O)N(C[C@@H]1CCOC1)C1CC1. The van der Waals surface area contributed by atoms with Crippen LogP contribution in [0.5, 0.6) is 5.75 Å². The smallest absolute Gasteiger partial charge is 0.242 e. The van der Waals surface area contributed by atoms with Gasteiger partial charge in [-0.15, -0.1) is 0 Å². The molecule has 120 valence electrons. The molecule has 0 bridgehead atoms. The predicted molar refractivity (Wildman–Crippen MR) is 85.1 cm³/mol. The van der Waals surface area contributed by atoms with E-state index in [-0.39, 0.29) is 5.91 Å². The molecule has 2 fully saturated rings. The molecule has 1 aliphatic carbocycles. The fourth-order valence-corrected chi connectivity index (χ4v) is 2.91. The van der Waals surface area contributed by atoms with Crippen molar-refractivity contribution in [2.45, 2.75) is 25.3 Å². The molecule has 0 spiro atoms. The molecule has 1 aromatic carbocycles. The van der Waals surface area contributed by atoms with E-state index < -0.39 is 0 Å². The second-order valence-corrected chi connectivity index (χ2v) is 6.06. The summed E-state index contributed by atoms with van der Waals surface area (Å²) in [5.41, 5.74) is 0.860. The van der Waals surface area contributed by atoms with E-state index >= 15 is 0 Å². The summed E-state index contributed by atoms with van der Waals surface area (Å²) in [6, 6.07) is 8.11. The second-order valence-electron chi connectivity index (χ2n) is 6.06. The molecule has 5 heteroatoms. The molecule has 1 saturated heterocycles. The number of rotatable bonds is 7. The molecule has 0 aromatic heterocycles. The van der Waals surface area contributed by atoms with E-state index in [1.54, 1.807) is 7.11 Å². The summed E-state index contributed by atoms with van der Waals surface area (Å²) in [6.45, 7) is 2.76. The third-order valence-electron chi connectivity index (χ3n) is 4.32. The number of hydrogen-bond acceptors (Lipinski definition) is 4. The number of amides is 1. The van der Waals surface area contributed by atoms with Gasteiger partial charge in [0, 0.05) is 25.1 Å². The molecule has 1 aromatic rings. The van der Waals surface area contributed by atoms with Gasteiger partial charge in [0.1, 0.15) is 5.75 Å². The van der Waals surface area contributed by atoms with Crippen LogP contribution >= 0.6 is 0 Å². The minimum atomic E-state index is 0.167. The summed E-state index contributed by atoms with van der Waals surface area (Å²) in [5.74, 6) is 1.42. The van der Waals surface area contributed by atoms with Gasteiger partial charge < -0.3 is 19.7 Å². The average molecular weight is 304 g/mol. The van der Waals surface area contributed by atoms with Gasteiger partial charge in [-0.1, -0.05) is 12.1 Å². The summed E-state index contributed by atoms with van der Waals surface area (Å²) < 4.78 is 10.7. The first-order valence-electron chi connectivity index (χ1n) is 8.02. The summed E-state index contributed by atoms with van der Waals surface area (Å²) in [5, 5.41) is 3.20. The number of carbonyl (C=O) groups is 1. The lowest BCUT2D eigenvalue weighted by molar-refractivity contribution is -0.130. The zero-order chi connectivity index (χ0) is 15.4. The first-order chi connectivity index (χ1) is 10.8. The molecule has 1 N–H and O–H groups in total. The van der Waals surface area contributed by atoms with Gasteiger partial charge in [0.15, 0.2) is 0 Å². The Morgan fingerprint density at radius 2 is 2.18 bits per heavy atom. The Labute approximate surface area is 131 Å². The van der Waals surface area contributed by atoms with Crippen LogP contribution in [-0.4, -0.2) is 50.3 Å². The van der Waals surface area contributed by atoms with Crippen LogP contribution in [-0.2, 0) is 9.53 Å². The number of methoxy groups -OCH3 is 1. The van der Waals surface area contributed by atoms with Gasteiger partial charge in [0.25, 0.3) is 0 Å². The topological polar surface area (TPSA) is 50.8 Å². The molecule has 5 nitrogen and oxygen atoms in total. The third-order valence-corrected chi connectivity index (χ3v) is 4.32. The number of hydrogen-bond donors (Lipinski definition) is 1. The van der Waals surface area contributed by atoms with Gasteiger partial charge in [0.05, 0.1) is 25.9 Å². The van der Waals surface area contributed by atoms with Gasteiger partial charge >= 0.3 is 0 Å². The van der Waals surface area contributed by atoms with Gasteiger partial charge in [-0.3, -0.25) is 4.79 Å². The average Bonchev–Trinajstić information content (AvgIpc) is 3.26. The third kappa shape index (κ3) is 3.71. The highest BCUT2D eigenvalue weighted by Crippen LogP contribution is 2.29. The summed E-state index contributed by atoms with van der Waals surface area (Å²) in [4.78, 5) is 14.6. The summed E-state index contributed by atoms with van der Waals surface area (Å²) >= 11 is 0. The van der Waals surface area contributed by atoms with E-state index in [1.165, 1.54) is 0 Å².